The molecule has 0 radical (unpaired) electrons. The van der Waals surface area contributed by atoms with Crippen LogP contribution in [0.15, 0.2) is 30.5 Å². The van der Waals surface area contributed by atoms with Crippen LogP contribution in [0.25, 0.3) is 11.1 Å². The van der Waals surface area contributed by atoms with Gasteiger partial charge in [0.05, 0.1) is 6.20 Å². The van der Waals surface area contributed by atoms with Crippen LogP contribution in [0, 0.1) is 5.82 Å². The minimum absolute atomic E-state index is 0.191. The number of nitrogens with zero attached hydrogens (tertiary/aromatic N) is 2. The second-order valence-electron chi connectivity index (χ2n) is 6.98. The van der Waals surface area contributed by atoms with Gasteiger partial charge in [0.1, 0.15) is 5.82 Å². The van der Waals surface area contributed by atoms with Crippen LogP contribution in [0.2, 0.25) is 0 Å². The number of aromatic amines is 1. The molecule has 0 spiro atoms. The van der Waals surface area contributed by atoms with Gasteiger partial charge in [0, 0.05) is 29.8 Å². The molecule has 1 aromatic heterocycles. The highest BCUT2D eigenvalue weighted by molar-refractivity contribution is 5.65. The normalized spacial score (nSPS) is 23.4. The number of benzene rings is 1. The van der Waals surface area contributed by atoms with Crippen molar-refractivity contribution in [3.8, 4) is 11.1 Å². The number of nitrogens with one attached hydrogen (secondary N) is 1. The number of hydrogen-bond acceptors (Lipinski definition) is 2. The molecule has 1 aromatic carbocycles. The zero-order chi connectivity index (χ0) is 15.6. The second kappa shape index (κ2) is 6.44. The van der Waals surface area contributed by atoms with Crippen molar-refractivity contribution in [2.45, 2.75) is 50.5 Å². The van der Waals surface area contributed by atoms with E-state index in [1.165, 1.54) is 62.9 Å². The van der Waals surface area contributed by atoms with Gasteiger partial charge in [-0.25, -0.2) is 4.39 Å². The van der Waals surface area contributed by atoms with Crippen LogP contribution in [0.1, 0.15) is 50.1 Å². The summed E-state index contributed by atoms with van der Waals surface area (Å²) >= 11 is 0. The molecule has 23 heavy (non-hydrogen) atoms. The summed E-state index contributed by atoms with van der Waals surface area (Å²) < 4.78 is 13.2. The lowest BCUT2D eigenvalue weighted by Crippen LogP contribution is -2.40. The third kappa shape index (κ3) is 3.05. The highest BCUT2D eigenvalue weighted by atomic mass is 19.1. The fraction of sp³-hybridized carbons (Fsp3) is 0.526. The minimum Gasteiger partial charge on any atom is -0.300 e. The van der Waals surface area contributed by atoms with Crippen LogP contribution in [0.3, 0.4) is 0 Å². The smallest absolute Gasteiger partial charge is 0.123 e. The van der Waals surface area contributed by atoms with Crippen molar-refractivity contribution in [2.24, 2.45) is 0 Å². The van der Waals surface area contributed by atoms with E-state index in [1.54, 1.807) is 0 Å². The van der Waals surface area contributed by atoms with Gasteiger partial charge in [-0.05, 0) is 49.9 Å². The maximum Gasteiger partial charge on any atom is 0.123 e. The molecule has 1 aliphatic heterocycles. The summed E-state index contributed by atoms with van der Waals surface area (Å²) in [5.41, 5.74) is 3.40. The molecule has 2 aromatic rings. The molecule has 1 unspecified atom stereocenters. The number of H-pyrrole nitrogens is 1. The van der Waals surface area contributed by atoms with Crippen molar-refractivity contribution in [1.82, 2.24) is 15.1 Å². The maximum absolute atomic E-state index is 13.2. The largest absolute Gasteiger partial charge is 0.300 e. The van der Waals surface area contributed by atoms with Crippen LogP contribution in [-0.4, -0.2) is 34.2 Å². The Morgan fingerprint density at radius 3 is 2.61 bits per heavy atom. The molecular formula is C19H24FN3. The third-order valence-electron chi connectivity index (χ3n) is 5.53. The van der Waals surface area contributed by atoms with Crippen LogP contribution >= 0.6 is 0 Å². The molecule has 0 bridgehead atoms. The van der Waals surface area contributed by atoms with Crippen molar-refractivity contribution >= 4 is 0 Å². The van der Waals surface area contributed by atoms with Crippen LogP contribution in [0.4, 0.5) is 4.39 Å². The van der Waals surface area contributed by atoms with E-state index < -0.39 is 0 Å². The number of piperidine rings is 1. The summed E-state index contributed by atoms with van der Waals surface area (Å²) in [6.07, 6.45) is 9.84. The molecule has 1 saturated carbocycles. The maximum atomic E-state index is 13.2. The molecule has 3 nitrogen and oxygen atoms in total. The molecule has 122 valence electrons. The summed E-state index contributed by atoms with van der Waals surface area (Å²) in [6.45, 7) is 2.36. The summed E-state index contributed by atoms with van der Waals surface area (Å²) in [5.74, 6) is 0.316. The zero-order valence-electron chi connectivity index (χ0n) is 13.5. The molecule has 4 heteroatoms. The fourth-order valence-corrected chi connectivity index (χ4v) is 4.31. The predicted octanol–water partition coefficient (Wildman–Crippen LogP) is 4.34. The lowest BCUT2D eigenvalue weighted by Gasteiger charge is -2.36. The van der Waals surface area contributed by atoms with Crippen molar-refractivity contribution in [3.63, 3.8) is 0 Å². The SMILES string of the molecule is Fc1ccc(-c2cn[nH]c2C2CCCN(C3CCCC3)C2)cc1. The lowest BCUT2D eigenvalue weighted by molar-refractivity contribution is 0.149. The number of rotatable bonds is 3. The van der Waals surface area contributed by atoms with Crippen LogP contribution < -0.4 is 0 Å². The summed E-state index contributed by atoms with van der Waals surface area (Å²) in [5, 5.41) is 7.51. The first-order chi connectivity index (χ1) is 11.3. The lowest BCUT2D eigenvalue weighted by atomic mass is 9.89. The Balaban J connectivity index is 1.56. The van der Waals surface area contributed by atoms with Gasteiger partial charge in [-0.2, -0.15) is 5.10 Å². The van der Waals surface area contributed by atoms with E-state index >= 15 is 0 Å². The molecule has 2 fully saturated rings. The molecule has 4 rings (SSSR count). The van der Waals surface area contributed by atoms with E-state index in [0.29, 0.717) is 5.92 Å². The predicted molar refractivity (Wildman–Crippen MR) is 89.8 cm³/mol. The highest BCUT2D eigenvalue weighted by Gasteiger charge is 2.30. The molecule has 1 aliphatic carbocycles. The van der Waals surface area contributed by atoms with E-state index in [4.69, 9.17) is 0 Å². The monoisotopic (exact) mass is 313 g/mol. The van der Waals surface area contributed by atoms with Gasteiger partial charge in [0.2, 0.25) is 0 Å². The van der Waals surface area contributed by atoms with Crippen molar-refractivity contribution in [3.05, 3.63) is 42.0 Å². The number of halogens is 1. The summed E-state index contributed by atoms with van der Waals surface area (Å²) in [7, 11) is 0. The molecule has 1 atom stereocenters. The number of likely N-dealkylation sites (tertiary alicyclic amines) is 1. The van der Waals surface area contributed by atoms with Gasteiger partial charge in [-0.15, -0.1) is 0 Å². The van der Waals surface area contributed by atoms with Gasteiger partial charge in [0.15, 0.2) is 0 Å². The first kappa shape index (κ1) is 14.9. The molecule has 0 amide bonds. The Kier molecular flexibility index (Phi) is 4.17. The van der Waals surface area contributed by atoms with Crippen molar-refractivity contribution in [1.29, 1.82) is 0 Å². The van der Waals surface area contributed by atoms with Gasteiger partial charge in [-0.3, -0.25) is 10.00 Å². The number of aromatic nitrogens is 2. The quantitative estimate of drug-likeness (QED) is 0.914. The van der Waals surface area contributed by atoms with Crippen molar-refractivity contribution < 1.29 is 4.39 Å². The third-order valence-corrected chi connectivity index (χ3v) is 5.53. The second-order valence-corrected chi connectivity index (χ2v) is 6.98. The zero-order valence-corrected chi connectivity index (χ0v) is 13.5. The number of hydrogen-bond donors (Lipinski definition) is 1. The topological polar surface area (TPSA) is 31.9 Å². The molecule has 1 N–H and O–H groups in total. The Bertz CT molecular complexity index is 643. The van der Waals surface area contributed by atoms with Gasteiger partial charge >= 0.3 is 0 Å². The molecule has 1 saturated heterocycles. The van der Waals surface area contributed by atoms with Crippen LogP contribution in [-0.2, 0) is 0 Å². The van der Waals surface area contributed by atoms with Gasteiger partial charge in [0.25, 0.3) is 0 Å². The first-order valence-corrected chi connectivity index (χ1v) is 8.84. The van der Waals surface area contributed by atoms with Gasteiger partial charge in [-0.1, -0.05) is 25.0 Å². The Morgan fingerprint density at radius 2 is 1.83 bits per heavy atom. The average molecular weight is 313 g/mol. The average Bonchev–Trinajstić information content (AvgIpc) is 3.27. The van der Waals surface area contributed by atoms with E-state index in [1.807, 2.05) is 18.3 Å². The Morgan fingerprint density at radius 1 is 1.04 bits per heavy atom. The first-order valence-electron chi connectivity index (χ1n) is 8.84. The molecule has 2 aliphatic rings. The van der Waals surface area contributed by atoms with E-state index in [2.05, 4.69) is 15.1 Å². The van der Waals surface area contributed by atoms with E-state index in [-0.39, 0.29) is 5.82 Å². The fourth-order valence-electron chi connectivity index (χ4n) is 4.31. The molecular weight excluding hydrogens is 289 g/mol. The van der Waals surface area contributed by atoms with Gasteiger partial charge < -0.3 is 0 Å². The standard InChI is InChI=1S/C19H24FN3/c20-16-9-7-14(8-10-16)18-12-21-22-19(18)15-4-3-11-23(13-15)17-5-1-2-6-17/h7-10,12,15,17H,1-6,11,13H2,(H,21,22). The Hall–Kier alpha value is -1.68. The molecule has 2 heterocycles. The highest BCUT2D eigenvalue weighted by Crippen LogP contribution is 2.35. The van der Waals surface area contributed by atoms with E-state index in [9.17, 15) is 4.39 Å². The summed E-state index contributed by atoms with van der Waals surface area (Å²) in [4.78, 5) is 2.69. The van der Waals surface area contributed by atoms with Crippen molar-refractivity contribution in [2.75, 3.05) is 13.1 Å². The minimum atomic E-state index is -0.191. The Labute approximate surface area is 136 Å². The van der Waals surface area contributed by atoms with E-state index in [0.717, 1.165) is 23.7 Å². The summed E-state index contributed by atoms with van der Waals surface area (Å²) in [6, 6.07) is 7.54. The van der Waals surface area contributed by atoms with Crippen LogP contribution in [0.5, 0.6) is 0 Å².